The number of hydrogen-bond donors (Lipinski definition) is 2. The van der Waals surface area contributed by atoms with E-state index >= 15 is 0 Å². The Bertz CT molecular complexity index is 758. The van der Waals surface area contributed by atoms with Gasteiger partial charge in [-0.1, -0.05) is 43.2 Å². The second kappa shape index (κ2) is 8.44. The molecule has 1 saturated carbocycles. The minimum atomic E-state index is -0.297. The molecule has 8 heteroatoms. The highest BCUT2D eigenvalue weighted by Gasteiger charge is 2.23. The van der Waals surface area contributed by atoms with Gasteiger partial charge in [0.05, 0.1) is 17.9 Å². The lowest BCUT2D eigenvalue weighted by Crippen LogP contribution is -2.40. The molecule has 1 aliphatic rings. The van der Waals surface area contributed by atoms with Crippen molar-refractivity contribution < 1.29 is 9.53 Å². The number of nitrogen functional groups attached to an aromatic ring is 1. The van der Waals surface area contributed by atoms with E-state index in [1.54, 1.807) is 7.11 Å². The van der Waals surface area contributed by atoms with Crippen molar-refractivity contribution in [2.45, 2.75) is 55.5 Å². The summed E-state index contributed by atoms with van der Waals surface area (Å²) in [7, 11) is 1.60. The fraction of sp³-hybridized carbons (Fsp3) is 0.500. The van der Waals surface area contributed by atoms with Crippen LogP contribution >= 0.6 is 11.8 Å². The number of benzene rings is 1. The first-order valence-corrected chi connectivity index (χ1v) is 9.79. The van der Waals surface area contributed by atoms with Gasteiger partial charge in [-0.25, -0.2) is 4.68 Å². The zero-order valence-corrected chi connectivity index (χ0v) is 16.0. The van der Waals surface area contributed by atoms with Gasteiger partial charge in [-0.05, 0) is 31.9 Å². The molecule has 0 aliphatic heterocycles. The molecule has 140 valence electrons. The zero-order valence-electron chi connectivity index (χ0n) is 15.1. The summed E-state index contributed by atoms with van der Waals surface area (Å²) in [4.78, 5) is 12.5. The van der Waals surface area contributed by atoms with Crippen LogP contribution in [0.2, 0.25) is 0 Å². The van der Waals surface area contributed by atoms with Crippen molar-refractivity contribution in [1.82, 2.24) is 20.2 Å². The lowest BCUT2D eigenvalue weighted by molar-refractivity contribution is -0.121. The molecule has 1 aliphatic carbocycles. The summed E-state index contributed by atoms with van der Waals surface area (Å²) in [5.41, 5.74) is 0.760. The van der Waals surface area contributed by atoms with Crippen molar-refractivity contribution in [3.8, 4) is 17.1 Å². The van der Waals surface area contributed by atoms with E-state index in [2.05, 4.69) is 15.5 Å². The normalized spacial score (nSPS) is 16.2. The van der Waals surface area contributed by atoms with Gasteiger partial charge >= 0.3 is 0 Å². The molecule has 1 aromatic carbocycles. The summed E-state index contributed by atoms with van der Waals surface area (Å²) in [5.74, 6) is 7.37. The highest BCUT2D eigenvalue weighted by molar-refractivity contribution is 8.00. The third-order valence-corrected chi connectivity index (χ3v) is 5.67. The van der Waals surface area contributed by atoms with Gasteiger partial charge in [0.1, 0.15) is 5.75 Å². The molecule has 1 aromatic heterocycles. The molecule has 1 atom stereocenters. The Morgan fingerprint density at radius 3 is 2.77 bits per heavy atom. The van der Waals surface area contributed by atoms with Gasteiger partial charge in [-0.15, -0.1) is 10.2 Å². The standard InChI is InChI=1S/C18H25N5O2S/c1-12(17(24)20-13-8-4-3-5-9-13)26-18-22-21-16(23(18)19)14-10-6-7-11-15(14)25-2/h6-7,10-13H,3-5,8-9,19H2,1-2H3,(H,20,24). The van der Waals surface area contributed by atoms with Crippen LogP contribution in [0.15, 0.2) is 29.4 Å². The van der Waals surface area contributed by atoms with Crippen molar-refractivity contribution in [3.63, 3.8) is 0 Å². The van der Waals surface area contributed by atoms with Gasteiger partial charge in [-0.3, -0.25) is 4.79 Å². The molecule has 1 heterocycles. The number of nitrogens with zero attached hydrogens (tertiary/aromatic N) is 3. The quantitative estimate of drug-likeness (QED) is 0.595. The van der Waals surface area contributed by atoms with Crippen LogP contribution in [-0.2, 0) is 4.79 Å². The lowest BCUT2D eigenvalue weighted by atomic mass is 9.95. The summed E-state index contributed by atoms with van der Waals surface area (Å²) in [6.07, 6.45) is 5.76. The number of rotatable bonds is 6. The summed E-state index contributed by atoms with van der Waals surface area (Å²) in [6, 6.07) is 7.78. The number of thioether (sulfide) groups is 1. The first-order chi connectivity index (χ1) is 12.6. The van der Waals surface area contributed by atoms with E-state index in [0.29, 0.717) is 22.8 Å². The predicted octanol–water partition coefficient (Wildman–Crippen LogP) is 2.60. The molecule has 0 radical (unpaired) electrons. The zero-order chi connectivity index (χ0) is 18.5. The van der Waals surface area contributed by atoms with Crippen LogP contribution in [0.5, 0.6) is 5.75 Å². The second-order valence-electron chi connectivity index (χ2n) is 6.48. The Labute approximate surface area is 157 Å². The topological polar surface area (TPSA) is 95.1 Å². The molecule has 1 amide bonds. The molecule has 0 spiro atoms. The molecule has 7 nitrogen and oxygen atoms in total. The maximum atomic E-state index is 12.5. The molecular weight excluding hydrogens is 350 g/mol. The number of nitrogens with two attached hydrogens (primary N) is 1. The third-order valence-electron chi connectivity index (χ3n) is 4.62. The average molecular weight is 375 g/mol. The Hall–Kier alpha value is -2.22. The van der Waals surface area contributed by atoms with Crippen LogP contribution in [0.25, 0.3) is 11.4 Å². The smallest absolute Gasteiger partial charge is 0.233 e. The molecule has 3 N–H and O–H groups in total. The molecule has 2 aromatic rings. The third kappa shape index (κ3) is 4.12. The van der Waals surface area contributed by atoms with Crippen molar-refractivity contribution >= 4 is 17.7 Å². The number of methoxy groups -OCH3 is 1. The van der Waals surface area contributed by atoms with E-state index in [-0.39, 0.29) is 11.2 Å². The van der Waals surface area contributed by atoms with Crippen molar-refractivity contribution in [3.05, 3.63) is 24.3 Å². The van der Waals surface area contributed by atoms with Gasteiger partial charge in [0, 0.05) is 6.04 Å². The highest BCUT2D eigenvalue weighted by Crippen LogP contribution is 2.30. The number of amides is 1. The Kier molecular flexibility index (Phi) is 6.03. The maximum Gasteiger partial charge on any atom is 0.233 e. The predicted molar refractivity (Wildman–Crippen MR) is 102 cm³/mol. The van der Waals surface area contributed by atoms with Crippen LogP contribution in [0.4, 0.5) is 0 Å². The number of para-hydroxylation sites is 1. The van der Waals surface area contributed by atoms with E-state index < -0.39 is 0 Å². The Balaban J connectivity index is 1.68. The Morgan fingerprint density at radius 2 is 2.04 bits per heavy atom. The Morgan fingerprint density at radius 1 is 1.31 bits per heavy atom. The molecule has 3 rings (SSSR count). The fourth-order valence-corrected chi connectivity index (χ4v) is 3.93. The molecule has 0 saturated heterocycles. The molecule has 1 unspecified atom stereocenters. The van der Waals surface area contributed by atoms with E-state index in [0.717, 1.165) is 18.4 Å². The first-order valence-electron chi connectivity index (χ1n) is 8.91. The highest BCUT2D eigenvalue weighted by atomic mass is 32.2. The molecule has 1 fully saturated rings. The second-order valence-corrected chi connectivity index (χ2v) is 7.79. The van der Waals surface area contributed by atoms with Gasteiger partial charge in [0.25, 0.3) is 0 Å². The average Bonchev–Trinajstić information content (AvgIpc) is 3.02. The maximum absolute atomic E-state index is 12.5. The minimum Gasteiger partial charge on any atom is -0.496 e. The summed E-state index contributed by atoms with van der Waals surface area (Å²) in [5, 5.41) is 11.7. The van der Waals surface area contributed by atoms with Gasteiger partial charge < -0.3 is 15.9 Å². The van der Waals surface area contributed by atoms with Crippen molar-refractivity contribution in [1.29, 1.82) is 0 Å². The lowest BCUT2D eigenvalue weighted by Gasteiger charge is -2.24. The molecular formula is C18H25N5O2S. The van der Waals surface area contributed by atoms with Crippen LogP contribution in [-0.4, -0.2) is 39.2 Å². The molecule has 0 bridgehead atoms. The van der Waals surface area contributed by atoms with Crippen molar-refractivity contribution in [2.24, 2.45) is 0 Å². The number of nitrogens with one attached hydrogen (secondary N) is 1. The largest absolute Gasteiger partial charge is 0.496 e. The van der Waals surface area contributed by atoms with E-state index in [4.69, 9.17) is 10.6 Å². The van der Waals surface area contributed by atoms with Gasteiger partial charge in [-0.2, -0.15) is 0 Å². The number of ether oxygens (including phenoxy) is 1. The number of hydrogen-bond acceptors (Lipinski definition) is 6. The number of carbonyl (C=O) groups excluding carboxylic acids is 1. The van der Waals surface area contributed by atoms with Crippen LogP contribution in [0.3, 0.4) is 0 Å². The number of aromatic nitrogens is 3. The monoisotopic (exact) mass is 375 g/mol. The van der Waals surface area contributed by atoms with Crippen LogP contribution in [0, 0.1) is 0 Å². The molecule has 26 heavy (non-hydrogen) atoms. The minimum absolute atomic E-state index is 0.0174. The van der Waals surface area contributed by atoms with Crippen LogP contribution < -0.4 is 15.9 Å². The van der Waals surface area contributed by atoms with Crippen molar-refractivity contribution in [2.75, 3.05) is 13.0 Å². The van der Waals surface area contributed by atoms with Gasteiger partial charge in [0.15, 0.2) is 5.82 Å². The van der Waals surface area contributed by atoms with E-state index in [9.17, 15) is 4.79 Å². The summed E-state index contributed by atoms with van der Waals surface area (Å²) >= 11 is 1.31. The summed E-state index contributed by atoms with van der Waals surface area (Å²) < 4.78 is 6.77. The number of carbonyl (C=O) groups is 1. The first kappa shape index (κ1) is 18.6. The van der Waals surface area contributed by atoms with Crippen LogP contribution in [0.1, 0.15) is 39.0 Å². The summed E-state index contributed by atoms with van der Waals surface area (Å²) in [6.45, 7) is 1.86. The van der Waals surface area contributed by atoms with Gasteiger partial charge in [0.2, 0.25) is 11.1 Å². The SMILES string of the molecule is COc1ccccc1-c1nnc(SC(C)C(=O)NC2CCCCC2)n1N. The fourth-order valence-electron chi connectivity index (χ4n) is 3.15. The van der Waals surface area contributed by atoms with E-state index in [1.807, 2.05) is 31.2 Å². The van der Waals surface area contributed by atoms with E-state index in [1.165, 1.54) is 35.7 Å².